The Bertz CT molecular complexity index is 1010. The Hall–Kier alpha value is -1.94. The van der Waals surface area contributed by atoms with E-state index in [2.05, 4.69) is 69.3 Å². The van der Waals surface area contributed by atoms with Gasteiger partial charge in [0, 0.05) is 20.1 Å². The predicted molar refractivity (Wildman–Crippen MR) is 163 cm³/mol. The number of nitrogens with one attached hydrogen (secondary N) is 1. The van der Waals surface area contributed by atoms with Gasteiger partial charge in [-0.15, -0.1) is 0 Å². The van der Waals surface area contributed by atoms with Crippen LogP contribution in [-0.4, -0.2) is 25.8 Å². The molecular formula is C30H32BCl4N. The highest BCUT2D eigenvalue weighted by Crippen LogP contribution is 2.16. The van der Waals surface area contributed by atoms with E-state index in [0.29, 0.717) is 20.1 Å². The van der Waals surface area contributed by atoms with Crippen molar-refractivity contribution in [3.05, 3.63) is 117 Å². The van der Waals surface area contributed by atoms with Crippen LogP contribution >= 0.6 is 46.4 Å². The van der Waals surface area contributed by atoms with Gasteiger partial charge in [-0.3, -0.25) is 0 Å². The summed E-state index contributed by atoms with van der Waals surface area (Å²) in [5.41, 5.74) is 4.56. The third-order valence-electron chi connectivity index (χ3n) is 6.98. The van der Waals surface area contributed by atoms with Crippen LogP contribution in [0.1, 0.15) is 20.8 Å². The van der Waals surface area contributed by atoms with Crippen molar-refractivity contribution in [2.45, 2.75) is 20.8 Å². The van der Waals surface area contributed by atoms with Gasteiger partial charge in [-0.25, -0.2) is 0 Å². The van der Waals surface area contributed by atoms with Gasteiger partial charge >= 0.3 is 0 Å². The first kappa shape index (κ1) is 28.6. The lowest BCUT2D eigenvalue weighted by Gasteiger charge is -2.44. The molecule has 4 aromatic rings. The third-order valence-corrected chi connectivity index (χ3v) is 7.99. The molecule has 4 rings (SSSR count). The number of hydrogen-bond donors (Lipinski definition) is 1. The van der Waals surface area contributed by atoms with Crippen molar-refractivity contribution in [2.75, 3.05) is 19.6 Å². The van der Waals surface area contributed by atoms with E-state index in [1.165, 1.54) is 19.6 Å². The summed E-state index contributed by atoms with van der Waals surface area (Å²) in [4.78, 5) is 1.68. The highest BCUT2D eigenvalue weighted by Gasteiger charge is 2.31. The fourth-order valence-corrected chi connectivity index (χ4v) is 5.41. The first-order valence-corrected chi connectivity index (χ1v) is 13.9. The van der Waals surface area contributed by atoms with E-state index in [0.717, 1.165) is 21.9 Å². The molecule has 0 atom stereocenters. The molecule has 0 aliphatic carbocycles. The number of quaternary nitrogens is 1. The summed E-state index contributed by atoms with van der Waals surface area (Å²) in [5, 5.41) is 2.78. The minimum atomic E-state index is -1.51. The maximum absolute atomic E-state index is 6.22. The molecule has 0 fully saturated rings. The van der Waals surface area contributed by atoms with Crippen molar-refractivity contribution in [2.24, 2.45) is 0 Å². The molecular weight excluding hydrogens is 527 g/mol. The minimum absolute atomic E-state index is 0.696. The summed E-state index contributed by atoms with van der Waals surface area (Å²) >= 11 is 24.9. The molecule has 6 heteroatoms. The van der Waals surface area contributed by atoms with Crippen molar-refractivity contribution in [1.29, 1.82) is 0 Å². The fourth-order valence-electron chi connectivity index (χ4n) is 4.91. The van der Waals surface area contributed by atoms with Crippen LogP contribution in [0.2, 0.25) is 20.1 Å². The zero-order chi connectivity index (χ0) is 26.1. The van der Waals surface area contributed by atoms with Crippen LogP contribution in [-0.2, 0) is 0 Å². The Morgan fingerprint density at radius 2 is 0.611 bits per heavy atom. The Kier molecular flexibility index (Phi) is 10.8. The average molecular weight is 559 g/mol. The molecule has 1 N–H and O–H groups in total. The van der Waals surface area contributed by atoms with Crippen LogP contribution in [0.4, 0.5) is 0 Å². The summed E-state index contributed by atoms with van der Waals surface area (Å²) in [6.45, 7) is 10.5. The topological polar surface area (TPSA) is 4.44 Å². The first-order chi connectivity index (χ1) is 17.3. The molecule has 0 spiro atoms. The van der Waals surface area contributed by atoms with E-state index in [1.54, 1.807) is 4.90 Å². The zero-order valence-electron chi connectivity index (χ0n) is 20.9. The van der Waals surface area contributed by atoms with E-state index in [4.69, 9.17) is 46.4 Å². The van der Waals surface area contributed by atoms with Crippen molar-refractivity contribution in [3.63, 3.8) is 0 Å². The highest BCUT2D eigenvalue weighted by molar-refractivity contribution is 7.19. The summed E-state index contributed by atoms with van der Waals surface area (Å²) in [5.74, 6) is 0. The second-order valence-electron chi connectivity index (χ2n) is 8.88. The monoisotopic (exact) mass is 557 g/mol. The summed E-state index contributed by atoms with van der Waals surface area (Å²) < 4.78 is 0. The molecule has 0 heterocycles. The Morgan fingerprint density at radius 3 is 0.750 bits per heavy atom. The highest BCUT2D eigenvalue weighted by atomic mass is 35.5. The molecule has 0 saturated carbocycles. The predicted octanol–water partition coefficient (Wildman–Crippen LogP) is 5.61. The molecule has 0 amide bonds. The molecule has 36 heavy (non-hydrogen) atoms. The van der Waals surface area contributed by atoms with E-state index in [1.807, 2.05) is 48.5 Å². The molecule has 0 radical (unpaired) electrons. The molecule has 0 bridgehead atoms. The molecule has 4 aromatic carbocycles. The summed E-state index contributed by atoms with van der Waals surface area (Å²) in [7, 11) is 0. The van der Waals surface area contributed by atoms with E-state index >= 15 is 0 Å². The van der Waals surface area contributed by atoms with Gasteiger partial charge < -0.3 is 4.90 Å². The lowest BCUT2D eigenvalue weighted by Crippen LogP contribution is -3.11. The number of halogens is 4. The number of rotatable bonds is 7. The quantitative estimate of drug-likeness (QED) is 0.281. The molecule has 1 nitrogen and oxygen atoms in total. The number of hydrogen-bond acceptors (Lipinski definition) is 0. The van der Waals surface area contributed by atoms with Gasteiger partial charge in [0.15, 0.2) is 0 Å². The number of benzene rings is 4. The van der Waals surface area contributed by atoms with Crippen LogP contribution in [0.25, 0.3) is 0 Å². The van der Waals surface area contributed by atoms with Gasteiger partial charge in [0.05, 0.1) is 19.6 Å². The van der Waals surface area contributed by atoms with Gasteiger partial charge in [-0.2, -0.15) is 21.9 Å². The SMILES string of the molecule is CC[NH+](CC)CC.Clc1ccc([B-](c2ccc(Cl)cc2)(c2ccc(Cl)cc2)c2ccc(Cl)cc2)cc1. The zero-order valence-corrected chi connectivity index (χ0v) is 24.0. The van der Waals surface area contributed by atoms with Crippen molar-refractivity contribution in [3.8, 4) is 0 Å². The van der Waals surface area contributed by atoms with Gasteiger partial charge in [0.25, 0.3) is 0 Å². The van der Waals surface area contributed by atoms with E-state index in [-0.39, 0.29) is 0 Å². The smallest absolute Gasteiger partial charge is 0.108 e. The largest absolute Gasteiger partial charge is 0.336 e. The fraction of sp³-hybridized carbons (Fsp3) is 0.200. The molecule has 0 aliphatic rings. The van der Waals surface area contributed by atoms with Crippen molar-refractivity contribution < 1.29 is 4.90 Å². The molecule has 0 aromatic heterocycles. The van der Waals surface area contributed by atoms with Crippen LogP contribution < -0.4 is 26.8 Å². The van der Waals surface area contributed by atoms with Crippen LogP contribution in [0, 0.1) is 0 Å². The molecule has 0 aliphatic heterocycles. The lowest BCUT2D eigenvalue weighted by molar-refractivity contribution is -0.894. The van der Waals surface area contributed by atoms with Gasteiger partial charge in [-0.1, -0.05) is 94.9 Å². The maximum Gasteiger partial charge on any atom is 0.108 e. The Morgan fingerprint density at radius 1 is 0.417 bits per heavy atom. The van der Waals surface area contributed by atoms with Crippen molar-refractivity contribution in [1.82, 2.24) is 0 Å². The molecule has 188 valence electrons. The van der Waals surface area contributed by atoms with Gasteiger partial charge in [0.2, 0.25) is 0 Å². The van der Waals surface area contributed by atoms with Gasteiger partial charge in [-0.05, 0) is 69.3 Å². The Balaban J connectivity index is 0.000000454. The molecule has 0 saturated heterocycles. The Labute approximate surface area is 235 Å². The maximum atomic E-state index is 6.22. The second-order valence-corrected chi connectivity index (χ2v) is 10.6. The van der Waals surface area contributed by atoms with Crippen LogP contribution in [0.15, 0.2) is 97.1 Å². The lowest BCUT2D eigenvalue weighted by atomic mass is 9.13. The van der Waals surface area contributed by atoms with Crippen LogP contribution in [0.3, 0.4) is 0 Å². The van der Waals surface area contributed by atoms with E-state index in [9.17, 15) is 0 Å². The molecule has 0 unspecified atom stereocenters. The standard InChI is InChI=1S/C24H16BCl4.C6H15N/c26-21-9-1-17(2-10-21)25(18-3-11-22(27)12-4-18,19-5-13-23(28)14-6-19)20-7-15-24(29)16-8-20;1-4-7(5-2)6-3/h1-16H;4-6H2,1-3H3/q-1;/p+1. The normalized spacial score (nSPS) is 11.2. The second kappa shape index (κ2) is 13.6. The van der Waals surface area contributed by atoms with E-state index < -0.39 is 6.15 Å². The third kappa shape index (κ3) is 6.68. The minimum Gasteiger partial charge on any atom is -0.336 e. The van der Waals surface area contributed by atoms with Crippen molar-refractivity contribution >= 4 is 74.4 Å². The summed E-state index contributed by atoms with van der Waals surface area (Å²) in [6, 6.07) is 32.1. The van der Waals surface area contributed by atoms with Gasteiger partial charge in [0.1, 0.15) is 6.15 Å². The summed E-state index contributed by atoms with van der Waals surface area (Å²) in [6.07, 6.45) is -1.51. The first-order valence-electron chi connectivity index (χ1n) is 12.4. The average Bonchev–Trinajstić information content (AvgIpc) is 2.90. The van der Waals surface area contributed by atoms with Crippen LogP contribution in [0.5, 0.6) is 0 Å².